The number of carboxylic acid groups (broad SMARTS) is 2. The fourth-order valence-corrected chi connectivity index (χ4v) is 2.23. The molecule has 2 aromatic carbocycles. The van der Waals surface area contributed by atoms with Gasteiger partial charge in [-0.05, 0) is 24.3 Å². The van der Waals surface area contributed by atoms with Gasteiger partial charge in [0.15, 0.2) is 0 Å². The Hall–Kier alpha value is -1.69. The van der Waals surface area contributed by atoms with E-state index in [4.69, 9.17) is 23.2 Å². The Labute approximate surface area is 185 Å². The predicted octanol–water partition coefficient (Wildman–Crippen LogP) is 3.06. The van der Waals surface area contributed by atoms with E-state index in [2.05, 4.69) is 0 Å². The van der Waals surface area contributed by atoms with E-state index >= 15 is 0 Å². The van der Waals surface area contributed by atoms with Gasteiger partial charge in [-0.2, -0.15) is 26.3 Å². The fraction of sp³-hybridized carbons (Fsp3) is 0.125. The minimum absolute atomic E-state index is 0. The molecule has 0 saturated heterocycles. The van der Waals surface area contributed by atoms with Crippen molar-refractivity contribution < 1.29 is 46.1 Å². The molecule has 0 aliphatic rings. The summed E-state index contributed by atoms with van der Waals surface area (Å²) in [5.41, 5.74) is -2.90. The van der Waals surface area contributed by atoms with E-state index in [1.54, 1.807) is 0 Å². The van der Waals surface area contributed by atoms with Crippen LogP contribution in [0.15, 0.2) is 36.4 Å². The van der Waals surface area contributed by atoms with Crippen LogP contribution in [0, 0.1) is 0 Å². The van der Waals surface area contributed by atoms with Crippen LogP contribution in [0.2, 0.25) is 10.0 Å². The maximum Gasteiger partial charge on any atom is 2.00 e. The van der Waals surface area contributed by atoms with Crippen LogP contribution >= 0.6 is 23.2 Å². The van der Waals surface area contributed by atoms with E-state index in [9.17, 15) is 46.1 Å². The van der Waals surface area contributed by atoms with Gasteiger partial charge < -0.3 is 19.8 Å². The smallest absolute Gasteiger partial charge is 0.545 e. The Kier molecular flexibility index (Phi) is 9.76. The SMILES string of the molecule is O=C([O-])c1ccc(C(F)(F)F)cc1Cl.O=C([O-])c1ccc(C(F)(F)F)cc1Cl.[Mg+2]. The molecule has 0 aliphatic carbocycles. The van der Waals surface area contributed by atoms with Crippen molar-refractivity contribution in [1.29, 1.82) is 0 Å². The molecule has 0 aliphatic heterocycles. The minimum atomic E-state index is -4.53. The molecule has 0 atom stereocenters. The normalized spacial score (nSPS) is 11.0. The summed E-state index contributed by atoms with van der Waals surface area (Å²) in [6.45, 7) is 0. The molecule has 0 radical (unpaired) electrons. The van der Waals surface area contributed by atoms with E-state index in [0.29, 0.717) is 24.3 Å². The zero-order chi connectivity index (χ0) is 21.9. The van der Waals surface area contributed by atoms with Gasteiger partial charge in [-0.25, -0.2) is 0 Å². The molecular weight excluding hydrogens is 465 g/mol. The molecule has 0 amide bonds. The van der Waals surface area contributed by atoms with Gasteiger partial charge in [0.1, 0.15) is 0 Å². The molecule has 152 valence electrons. The molecule has 0 bridgehead atoms. The molecule has 4 nitrogen and oxygen atoms in total. The number of halogens is 8. The summed E-state index contributed by atoms with van der Waals surface area (Å²) in [7, 11) is 0. The van der Waals surface area contributed by atoms with Crippen LogP contribution in [0.3, 0.4) is 0 Å². The largest absolute Gasteiger partial charge is 2.00 e. The Morgan fingerprint density at radius 2 is 0.966 bits per heavy atom. The van der Waals surface area contributed by atoms with Gasteiger partial charge in [0.25, 0.3) is 0 Å². The molecule has 0 unspecified atom stereocenters. The van der Waals surface area contributed by atoms with Gasteiger partial charge >= 0.3 is 35.4 Å². The summed E-state index contributed by atoms with van der Waals surface area (Å²) in [4.78, 5) is 20.6. The predicted molar refractivity (Wildman–Crippen MR) is 87.3 cm³/mol. The van der Waals surface area contributed by atoms with Crippen LogP contribution < -0.4 is 10.2 Å². The summed E-state index contributed by atoms with van der Waals surface area (Å²) in [5.74, 6) is -3.22. The summed E-state index contributed by atoms with van der Waals surface area (Å²) in [5, 5.41) is 19.6. The van der Waals surface area contributed by atoms with Crippen molar-refractivity contribution in [2.75, 3.05) is 0 Å². The van der Waals surface area contributed by atoms with Crippen LogP contribution in [0.4, 0.5) is 26.3 Å². The standard InChI is InChI=1S/2C8H4ClF3O2.Mg/c2*9-6-3-4(8(10,11)12)1-2-5(6)7(13)14;/h2*1-3H,(H,13,14);/q;;+2/p-2. The number of carboxylic acids is 2. The van der Waals surface area contributed by atoms with Gasteiger partial charge in [-0.15, -0.1) is 0 Å². The third kappa shape index (κ3) is 7.92. The van der Waals surface area contributed by atoms with E-state index in [1.165, 1.54) is 0 Å². The van der Waals surface area contributed by atoms with E-state index in [1.807, 2.05) is 0 Å². The molecule has 0 aromatic heterocycles. The van der Waals surface area contributed by atoms with Crippen molar-refractivity contribution in [2.24, 2.45) is 0 Å². The van der Waals surface area contributed by atoms with E-state index in [-0.39, 0.29) is 23.1 Å². The van der Waals surface area contributed by atoms with Gasteiger partial charge in [0.2, 0.25) is 0 Å². The number of alkyl halides is 6. The zero-order valence-corrected chi connectivity index (χ0v) is 16.8. The number of benzene rings is 2. The molecule has 2 aromatic rings. The monoisotopic (exact) mass is 470 g/mol. The molecule has 0 heterocycles. The number of carbonyl (C=O) groups is 2. The number of hydrogen-bond donors (Lipinski definition) is 0. The fourth-order valence-electron chi connectivity index (χ4n) is 1.71. The van der Waals surface area contributed by atoms with Crippen molar-refractivity contribution >= 4 is 58.2 Å². The number of aromatic carboxylic acids is 2. The zero-order valence-electron chi connectivity index (χ0n) is 13.8. The Morgan fingerprint density at radius 1 is 0.690 bits per heavy atom. The topological polar surface area (TPSA) is 80.3 Å². The van der Waals surface area contributed by atoms with Crippen LogP contribution in [0.25, 0.3) is 0 Å². The summed E-state index contributed by atoms with van der Waals surface area (Å²) in [6, 6.07) is 3.90. The van der Waals surface area contributed by atoms with Crippen molar-refractivity contribution in [3.63, 3.8) is 0 Å². The molecule has 0 fully saturated rings. The van der Waals surface area contributed by atoms with E-state index < -0.39 is 56.6 Å². The molecule has 0 spiro atoms. The van der Waals surface area contributed by atoms with Crippen LogP contribution in [-0.4, -0.2) is 35.0 Å². The molecule has 0 saturated carbocycles. The second kappa shape index (κ2) is 10.4. The Bertz CT molecular complexity index is 826. The average Bonchev–Trinajstić information content (AvgIpc) is 2.52. The van der Waals surface area contributed by atoms with Gasteiger partial charge in [-0.1, -0.05) is 35.3 Å². The molecule has 0 N–H and O–H groups in total. The maximum absolute atomic E-state index is 12.1. The molecule has 2 rings (SSSR count). The molecule has 29 heavy (non-hydrogen) atoms. The number of carbonyl (C=O) groups excluding carboxylic acids is 2. The first-order chi connectivity index (χ1) is 12.6. The van der Waals surface area contributed by atoms with Crippen LogP contribution in [-0.2, 0) is 12.4 Å². The first-order valence-electron chi connectivity index (χ1n) is 6.80. The van der Waals surface area contributed by atoms with Crippen molar-refractivity contribution in [1.82, 2.24) is 0 Å². The van der Waals surface area contributed by atoms with Gasteiger partial charge in [0.05, 0.1) is 33.1 Å². The van der Waals surface area contributed by atoms with Crippen molar-refractivity contribution in [3.05, 3.63) is 68.7 Å². The van der Waals surface area contributed by atoms with Gasteiger partial charge in [-0.3, -0.25) is 0 Å². The van der Waals surface area contributed by atoms with Crippen LogP contribution in [0.1, 0.15) is 31.8 Å². The summed E-state index contributed by atoms with van der Waals surface area (Å²) >= 11 is 10.6. The maximum atomic E-state index is 12.1. The van der Waals surface area contributed by atoms with Crippen molar-refractivity contribution in [2.45, 2.75) is 12.4 Å². The Morgan fingerprint density at radius 3 is 1.14 bits per heavy atom. The number of hydrogen-bond acceptors (Lipinski definition) is 4. The first kappa shape index (κ1) is 27.3. The number of rotatable bonds is 2. The third-order valence-corrected chi connectivity index (χ3v) is 3.66. The third-order valence-electron chi connectivity index (χ3n) is 3.03. The van der Waals surface area contributed by atoms with Crippen LogP contribution in [0.5, 0.6) is 0 Å². The van der Waals surface area contributed by atoms with Crippen molar-refractivity contribution in [3.8, 4) is 0 Å². The second-order valence-corrected chi connectivity index (χ2v) is 5.77. The molecule has 13 heteroatoms. The summed E-state index contributed by atoms with van der Waals surface area (Å²) < 4.78 is 72.5. The minimum Gasteiger partial charge on any atom is -0.545 e. The average molecular weight is 471 g/mol. The second-order valence-electron chi connectivity index (χ2n) is 4.96. The summed E-state index contributed by atoms with van der Waals surface area (Å²) in [6.07, 6.45) is -9.07. The molecular formula is C16H6Cl2F6MgO4. The quantitative estimate of drug-likeness (QED) is 0.498. The van der Waals surface area contributed by atoms with E-state index in [0.717, 1.165) is 12.1 Å². The Balaban J connectivity index is 0.000000523. The van der Waals surface area contributed by atoms with Gasteiger partial charge in [0, 0.05) is 11.1 Å². The first-order valence-corrected chi connectivity index (χ1v) is 7.56.